The molecular weight excluding hydrogens is 280 g/mol. The lowest BCUT2D eigenvalue weighted by Gasteiger charge is -2.30. The van der Waals surface area contributed by atoms with Crippen molar-refractivity contribution < 1.29 is 8.42 Å². The van der Waals surface area contributed by atoms with Crippen molar-refractivity contribution in [2.75, 3.05) is 0 Å². The van der Waals surface area contributed by atoms with Gasteiger partial charge < -0.3 is 0 Å². The average molecular weight is 298 g/mol. The molecule has 1 aliphatic carbocycles. The van der Waals surface area contributed by atoms with Crippen LogP contribution in [0.5, 0.6) is 0 Å². The summed E-state index contributed by atoms with van der Waals surface area (Å²) >= 11 is 1.28. The van der Waals surface area contributed by atoms with Gasteiger partial charge in [0.15, 0.2) is 0 Å². The van der Waals surface area contributed by atoms with E-state index in [-0.39, 0.29) is 0 Å². The fourth-order valence-electron chi connectivity index (χ4n) is 2.39. The van der Waals surface area contributed by atoms with Crippen molar-refractivity contribution in [2.45, 2.75) is 55.2 Å². The van der Waals surface area contributed by atoms with E-state index in [0.717, 1.165) is 30.6 Å². The van der Waals surface area contributed by atoms with E-state index >= 15 is 0 Å². The summed E-state index contributed by atoms with van der Waals surface area (Å²) in [6.45, 7) is 1.99. The molecular formula is C13H18N2O2S2. The molecule has 1 N–H and O–H groups in total. The maximum absolute atomic E-state index is 12.3. The number of hydrogen-bond acceptors (Lipinski definition) is 4. The molecule has 19 heavy (non-hydrogen) atoms. The van der Waals surface area contributed by atoms with E-state index in [2.05, 4.69) is 10.8 Å². The van der Waals surface area contributed by atoms with Gasteiger partial charge in [-0.05, 0) is 31.4 Å². The number of nitrogens with one attached hydrogen (secondary N) is 1. The van der Waals surface area contributed by atoms with Crippen LogP contribution in [-0.2, 0) is 16.4 Å². The zero-order chi connectivity index (χ0) is 13.9. The molecule has 6 heteroatoms. The SMILES string of the molecule is CCc1ccc(S(=O)(=O)NC2(C#N)CCCCC2)s1. The van der Waals surface area contributed by atoms with Crippen LogP contribution in [0.3, 0.4) is 0 Å². The predicted octanol–water partition coefficient (Wildman–Crippen LogP) is 2.82. The summed E-state index contributed by atoms with van der Waals surface area (Å²) in [7, 11) is -3.57. The van der Waals surface area contributed by atoms with Crippen molar-refractivity contribution >= 4 is 21.4 Å². The second-order valence-corrected chi connectivity index (χ2v) is 8.01. The minimum atomic E-state index is -3.57. The molecule has 1 heterocycles. The molecule has 0 saturated heterocycles. The van der Waals surface area contributed by atoms with Gasteiger partial charge in [-0.15, -0.1) is 11.3 Å². The minimum Gasteiger partial charge on any atom is -0.206 e. The fourth-order valence-corrected chi connectivity index (χ4v) is 5.06. The van der Waals surface area contributed by atoms with Crippen LogP contribution in [0.25, 0.3) is 0 Å². The number of hydrogen-bond donors (Lipinski definition) is 1. The molecule has 0 unspecified atom stereocenters. The van der Waals surface area contributed by atoms with Crippen molar-refractivity contribution in [3.05, 3.63) is 17.0 Å². The maximum atomic E-state index is 12.3. The van der Waals surface area contributed by atoms with E-state index < -0.39 is 15.6 Å². The summed E-state index contributed by atoms with van der Waals surface area (Å²) < 4.78 is 27.6. The van der Waals surface area contributed by atoms with E-state index in [4.69, 9.17) is 0 Å². The van der Waals surface area contributed by atoms with Crippen molar-refractivity contribution in [1.82, 2.24) is 4.72 Å². The number of aryl methyl sites for hydroxylation is 1. The Morgan fingerprint density at radius 1 is 1.37 bits per heavy atom. The number of rotatable bonds is 4. The van der Waals surface area contributed by atoms with Crippen LogP contribution in [-0.4, -0.2) is 14.0 Å². The molecule has 1 fully saturated rings. The van der Waals surface area contributed by atoms with Gasteiger partial charge in [0.25, 0.3) is 10.0 Å². The smallest absolute Gasteiger partial charge is 0.206 e. The highest BCUT2D eigenvalue weighted by Crippen LogP contribution is 2.30. The molecule has 0 amide bonds. The van der Waals surface area contributed by atoms with Gasteiger partial charge in [-0.1, -0.05) is 26.2 Å². The van der Waals surface area contributed by atoms with Gasteiger partial charge in [-0.3, -0.25) is 0 Å². The van der Waals surface area contributed by atoms with E-state index in [1.165, 1.54) is 11.3 Å². The fraction of sp³-hybridized carbons (Fsp3) is 0.615. The maximum Gasteiger partial charge on any atom is 0.251 e. The normalized spacial score (nSPS) is 18.9. The van der Waals surface area contributed by atoms with Crippen LogP contribution >= 0.6 is 11.3 Å². The van der Waals surface area contributed by atoms with Crippen molar-refractivity contribution in [3.8, 4) is 6.07 Å². The molecule has 0 bridgehead atoms. The summed E-state index contributed by atoms with van der Waals surface area (Å²) in [6.07, 6.45) is 4.92. The van der Waals surface area contributed by atoms with Crippen LogP contribution in [0, 0.1) is 11.3 Å². The largest absolute Gasteiger partial charge is 0.251 e. The number of nitrogens with zero attached hydrogens (tertiary/aromatic N) is 1. The molecule has 0 radical (unpaired) electrons. The highest BCUT2D eigenvalue weighted by molar-refractivity contribution is 7.91. The molecule has 0 aromatic carbocycles. The molecule has 2 rings (SSSR count). The lowest BCUT2D eigenvalue weighted by atomic mass is 9.84. The monoisotopic (exact) mass is 298 g/mol. The van der Waals surface area contributed by atoms with E-state index in [1.807, 2.05) is 13.0 Å². The summed E-state index contributed by atoms with van der Waals surface area (Å²) in [5.41, 5.74) is -0.909. The number of nitriles is 1. The third-order valence-corrected chi connectivity index (χ3v) is 6.76. The van der Waals surface area contributed by atoms with Crippen LogP contribution < -0.4 is 4.72 Å². The Morgan fingerprint density at radius 2 is 2.05 bits per heavy atom. The Balaban J connectivity index is 2.23. The minimum absolute atomic E-state index is 0.310. The molecule has 104 valence electrons. The Labute approximate surface area is 118 Å². The van der Waals surface area contributed by atoms with Gasteiger partial charge >= 0.3 is 0 Å². The molecule has 1 saturated carbocycles. The van der Waals surface area contributed by atoms with Gasteiger partial charge in [0.2, 0.25) is 0 Å². The lowest BCUT2D eigenvalue weighted by molar-refractivity contribution is 0.338. The standard InChI is InChI=1S/C13H18N2O2S2/c1-2-11-6-7-12(18-11)19(16,17)15-13(10-14)8-4-3-5-9-13/h6-7,15H,2-5,8-9H2,1H3. The van der Waals surface area contributed by atoms with Gasteiger partial charge in [-0.25, -0.2) is 8.42 Å². The average Bonchev–Trinajstić information content (AvgIpc) is 2.89. The van der Waals surface area contributed by atoms with Crippen molar-refractivity contribution in [2.24, 2.45) is 0 Å². The topological polar surface area (TPSA) is 70.0 Å². The third kappa shape index (κ3) is 3.16. The molecule has 0 aliphatic heterocycles. The van der Waals surface area contributed by atoms with Crippen LogP contribution in [0.4, 0.5) is 0 Å². The molecule has 1 aliphatic rings. The number of thiophene rings is 1. The van der Waals surface area contributed by atoms with E-state index in [1.54, 1.807) is 6.07 Å². The van der Waals surface area contributed by atoms with E-state index in [0.29, 0.717) is 17.1 Å². The first-order valence-electron chi connectivity index (χ1n) is 6.55. The Hall–Kier alpha value is -0.900. The quantitative estimate of drug-likeness (QED) is 0.929. The van der Waals surface area contributed by atoms with Gasteiger partial charge in [0.05, 0.1) is 6.07 Å². The molecule has 0 spiro atoms. The van der Waals surface area contributed by atoms with Gasteiger partial charge in [0.1, 0.15) is 9.75 Å². The Morgan fingerprint density at radius 3 is 2.58 bits per heavy atom. The Kier molecular flexibility index (Phi) is 4.29. The summed E-state index contributed by atoms with van der Waals surface area (Å²) in [4.78, 5) is 1.04. The van der Waals surface area contributed by atoms with E-state index in [9.17, 15) is 13.7 Å². The molecule has 4 nitrogen and oxygen atoms in total. The second-order valence-electron chi connectivity index (χ2n) is 4.93. The van der Waals surface area contributed by atoms with Crippen LogP contribution in [0.2, 0.25) is 0 Å². The highest BCUT2D eigenvalue weighted by atomic mass is 32.2. The first-order valence-corrected chi connectivity index (χ1v) is 8.85. The molecule has 1 aromatic heterocycles. The Bertz CT molecular complexity index is 578. The lowest BCUT2D eigenvalue weighted by Crippen LogP contribution is -2.48. The highest BCUT2D eigenvalue weighted by Gasteiger charge is 2.37. The first kappa shape index (κ1) is 14.5. The summed E-state index contributed by atoms with van der Waals surface area (Å²) in [6, 6.07) is 5.64. The van der Waals surface area contributed by atoms with Gasteiger partial charge in [-0.2, -0.15) is 9.98 Å². The first-order chi connectivity index (χ1) is 9.01. The number of sulfonamides is 1. The second kappa shape index (κ2) is 5.61. The van der Waals surface area contributed by atoms with Gasteiger partial charge in [0, 0.05) is 4.88 Å². The molecule has 0 atom stereocenters. The predicted molar refractivity (Wildman–Crippen MR) is 75.4 cm³/mol. The zero-order valence-electron chi connectivity index (χ0n) is 11.0. The van der Waals surface area contributed by atoms with Crippen molar-refractivity contribution in [1.29, 1.82) is 5.26 Å². The summed E-state index contributed by atoms with van der Waals surface area (Å²) in [5.74, 6) is 0. The molecule has 1 aromatic rings. The van der Waals surface area contributed by atoms with Crippen LogP contribution in [0.1, 0.15) is 43.9 Å². The van der Waals surface area contributed by atoms with Crippen molar-refractivity contribution in [3.63, 3.8) is 0 Å². The third-order valence-electron chi connectivity index (χ3n) is 3.50. The van der Waals surface area contributed by atoms with Crippen LogP contribution in [0.15, 0.2) is 16.3 Å². The zero-order valence-corrected chi connectivity index (χ0v) is 12.6. The summed E-state index contributed by atoms with van der Waals surface area (Å²) in [5, 5.41) is 9.33.